The van der Waals surface area contributed by atoms with Crippen LogP contribution in [0.5, 0.6) is 0 Å². The largest absolute Gasteiger partial charge is 0.375 e. The maximum absolute atomic E-state index is 12.3. The molecule has 5 heteroatoms. The van der Waals surface area contributed by atoms with Gasteiger partial charge in [-0.25, -0.2) is 9.78 Å². The molecule has 0 radical (unpaired) electrons. The highest BCUT2D eigenvalue weighted by Gasteiger charge is 2.22. The number of aryl methyl sites for hydroxylation is 2. The third-order valence-corrected chi connectivity index (χ3v) is 2.98. The number of hydrogen-bond acceptors (Lipinski definition) is 4. The van der Waals surface area contributed by atoms with E-state index in [1.165, 1.54) is 14.2 Å². The first kappa shape index (κ1) is 16.6. The summed E-state index contributed by atoms with van der Waals surface area (Å²) in [6.45, 7) is 6.26. The molecule has 1 aromatic rings. The second-order valence-corrected chi connectivity index (χ2v) is 4.75. The van der Waals surface area contributed by atoms with Gasteiger partial charge in [0.1, 0.15) is 12.7 Å². The van der Waals surface area contributed by atoms with Gasteiger partial charge in [0.05, 0.1) is 13.7 Å². The lowest BCUT2D eigenvalue weighted by molar-refractivity contribution is -0.297. The summed E-state index contributed by atoms with van der Waals surface area (Å²) in [7, 11) is 2.96. The molecule has 1 rings (SSSR count). The number of hydrogen-bond donors (Lipinski definition) is 0. The predicted molar refractivity (Wildman–Crippen MR) is 77.7 cm³/mol. The summed E-state index contributed by atoms with van der Waals surface area (Å²) >= 11 is 0. The summed E-state index contributed by atoms with van der Waals surface area (Å²) in [5.74, 6) is -0.101. The summed E-state index contributed by atoms with van der Waals surface area (Å²) in [6, 6.07) is 5.94. The molecule has 112 valence electrons. The molecule has 0 heterocycles. The van der Waals surface area contributed by atoms with E-state index < -0.39 is 0 Å². The second kappa shape index (κ2) is 7.99. The van der Waals surface area contributed by atoms with Crippen molar-refractivity contribution in [1.82, 2.24) is 0 Å². The highest BCUT2D eigenvalue weighted by atomic mass is 17.2. The fourth-order valence-corrected chi connectivity index (χ4v) is 2.20. The lowest BCUT2D eigenvalue weighted by atomic mass is 10.1. The lowest BCUT2D eigenvalue weighted by Gasteiger charge is -2.28. The first-order chi connectivity index (χ1) is 9.51. The van der Waals surface area contributed by atoms with Crippen LogP contribution in [0.15, 0.2) is 18.2 Å². The molecule has 0 spiro atoms. The van der Waals surface area contributed by atoms with Crippen LogP contribution >= 0.6 is 0 Å². The zero-order chi connectivity index (χ0) is 15.1. The fourth-order valence-electron chi connectivity index (χ4n) is 2.20. The summed E-state index contributed by atoms with van der Waals surface area (Å²) in [6.07, 6.45) is -0.236. The van der Waals surface area contributed by atoms with E-state index in [1.54, 1.807) is 4.90 Å². The molecule has 0 aliphatic rings. The Kier molecular flexibility index (Phi) is 6.64. The molecule has 0 aliphatic heterocycles. The van der Waals surface area contributed by atoms with Gasteiger partial charge in [0.2, 0.25) is 0 Å². The van der Waals surface area contributed by atoms with Gasteiger partial charge in [0.25, 0.3) is 5.91 Å². The van der Waals surface area contributed by atoms with Gasteiger partial charge in [-0.05, 0) is 31.9 Å². The third kappa shape index (κ3) is 4.30. The van der Waals surface area contributed by atoms with Gasteiger partial charge in [0, 0.05) is 12.8 Å². The van der Waals surface area contributed by atoms with Crippen LogP contribution in [0.3, 0.4) is 0 Å². The minimum absolute atomic E-state index is 0.0352. The van der Waals surface area contributed by atoms with E-state index >= 15 is 0 Å². The van der Waals surface area contributed by atoms with Gasteiger partial charge in [0.15, 0.2) is 0 Å². The van der Waals surface area contributed by atoms with Crippen molar-refractivity contribution in [3.8, 4) is 0 Å². The highest BCUT2D eigenvalue weighted by molar-refractivity contribution is 5.95. The zero-order valence-corrected chi connectivity index (χ0v) is 12.8. The third-order valence-electron chi connectivity index (χ3n) is 2.98. The molecule has 0 N–H and O–H groups in total. The number of methoxy groups -OCH3 is 1. The maximum Gasteiger partial charge on any atom is 0.253 e. The van der Waals surface area contributed by atoms with Crippen molar-refractivity contribution in [1.29, 1.82) is 0 Å². The monoisotopic (exact) mass is 281 g/mol. The average molecular weight is 281 g/mol. The number of carbonyl (C=O) groups excluding carboxylic acids is 1. The van der Waals surface area contributed by atoms with Crippen LogP contribution in [0.1, 0.15) is 18.1 Å². The van der Waals surface area contributed by atoms with Crippen molar-refractivity contribution in [2.75, 3.05) is 32.3 Å². The maximum atomic E-state index is 12.3. The predicted octanol–water partition coefficient (Wildman–Crippen LogP) is 2.25. The summed E-state index contributed by atoms with van der Waals surface area (Å²) in [4.78, 5) is 23.7. The van der Waals surface area contributed by atoms with Crippen molar-refractivity contribution >= 4 is 11.6 Å². The molecule has 1 aromatic carbocycles. The first-order valence-electron chi connectivity index (χ1n) is 6.56. The lowest BCUT2D eigenvalue weighted by Crippen LogP contribution is -2.40. The number of nitrogens with zero attached hydrogens (tertiary/aromatic N) is 1. The van der Waals surface area contributed by atoms with Crippen molar-refractivity contribution in [2.45, 2.75) is 26.9 Å². The molecule has 0 saturated heterocycles. The van der Waals surface area contributed by atoms with Gasteiger partial charge in [-0.1, -0.05) is 18.2 Å². The van der Waals surface area contributed by atoms with E-state index in [0.717, 1.165) is 16.8 Å². The van der Waals surface area contributed by atoms with Crippen LogP contribution in [0.25, 0.3) is 0 Å². The average Bonchev–Trinajstić information content (AvgIpc) is 2.37. The Balaban J connectivity index is 3.06. The Hall–Kier alpha value is -1.43. The number of para-hydroxylation sites is 1. The van der Waals surface area contributed by atoms with E-state index in [9.17, 15) is 4.79 Å². The van der Waals surface area contributed by atoms with E-state index in [0.29, 0.717) is 6.54 Å². The van der Waals surface area contributed by atoms with Crippen LogP contribution in [-0.2, 0) is 19.3 Å². The Labute approximate surface area is 120 Å². The molecule has 0 fully saturated rings. The van der Waals surface area contributed by atoms with Crippen molar-refractivity contribution in [3.63, 3.8) is 0 Å². The molecule has 1 unspecified atom stereocenters. The Morgan fingerprint density at radius 3 is 2.35 bits per heavy atom. The van der Waals surface area contributed by atoms with Gasteiger partial charge in [-0.15, -0.1) is 0 Å². The van der Waals surface area contributed by atoms with E-state index in [1.807, 2.05) is 39.0 Å². The van der Waals surface area contributed by atoms with E-state index in [4.69, 9.17) is 9.62 Å². The Bertz CT molecular complexity index is 427. The Morgan fingerprint density at radius 2 is 1.85 bits per heavy atom. The minimum atomic E-state index is -0.236. The zero-order valence-electron chi connectivity index (χ0n) is 12.8. The second-order valence-electron chi connectivity index (χ2n) is 4.75. The molecule has 1 atom stereocenters. The quantitative estimate of drug-likeness (QED) is 0.568. The van der Waals surface area contributed by atoms with Gasteiger partial charge in [-0.3, -0.25) is 4.79 Å². The topological polar surface area (TPSA) is 48.0 Å². The van der Waals surface area contributed by atoms with E-state index in [-0.39, 0.29) is 18.6 Å². The van der Waals surface area contributed by atoms with E-state index in [2.05, 4.69) is 4.89 Å². The van der Waals surface area contributed by atoms with Gasteiger partial charge < -0.3 is 9.64 Å². The molecule has 0 aromatic heterocycles. The van der Waals surface area contributed by atoms with Crippen LogP contribution in [-0.4, -0.2) is 39.4 Å². The summed E-state index contributed by atoms with van der Waals surface area (Å²) < 4.78 is 4.96. The first-order valence-corrected chi connectivity index (χ1v) is 6.56. The van der Waals surface area contributed by atoms with Crippen molar-refractivity contribution in [3.05, 3.63) is 29.3 Å². The summed E-state index contributed by atoms with van der Waals surface area (Å²) in [5.41, 5.74) is 2.99. The number of amides is 1. The van der Waals surface area contributed by atoms with Crippen molar-refractivity contribution < 1.29 is 19.3 Å². The van der Waals surface area contributed by atoms with Crippen LogP contribution < -0.4 is 4.90 Å². The SMILES string of the molecule is COCC(=O)N(CC(C)OOC)c1c(C)cccc1C. The summed E-state index contributed by atoms with van der Waals surface area (Å²) in [5, 5.41) is 0. The molecule has 1 amide bonds. The van der Waals surface area contributed by atoms with Crippen LogP contribution in [0.2, 0.25) is 0 Å². The fraction of sp³-hybridized carbons (Fsp3) is 0.533. The number of rotatable bonds is 7. The number of anilines is 1. The molecule has 20 heavy (non-hydrogen) atoms. The molecule has 5 nitrogen and oxygen atoms in total. The minimum Gasteiger partial charge on any atom is -0.375 e. The Morgan fingerprint density at radius 1 is 1.25 bits per heavy atom. The van der Waals surface area contributed by atoms with Gasteiger partial charge >= 0.3 is 0 Å². The normalized spacial score (nSPS) is 12.2. The molecule has 0 saturated carbocycles. The molecular formula is C15H23NO4. The highest BCUT2D eigenvalue weighted by Crippen LogP contribution is 2.25. The number of carbonyl (C=O) groups is 1. The molecule has 0 bridgehead atoms. The van der Waals surface area contributed by atoms with Gasteiger partial charge in [-0.2, -0.15) is 0 Å². The smallest absolute Gasteiger partial charge is 0.253 e. The van der Waals surface area contributed by atoms with Crippen LogP contribution in [0, 0.1) is 13.8 Å². The number of benzene rings is 1. The molecule has 0 aliphatic carbocycles. The van der Waals surface area contributed by atoms with Crippen molar-refractivity contribution in [2.24, 2.45) is 0 Å². The van der Waals surface area contributed by atoms with Crippen LogP contribution in [0.4, 0.5) is 5.69 Å². The molecular weight excluding hydrogens is 258 g/mol. The number of ether oxygens (including phenoxy) is 1. The standard InChI is InChI=1S/C15H23NO4/c1-11-7-6-8-12(2)15(11)16(14(17)10-18-4)9-13(3)20-19-5/h6-8,13H,9-10H2,1-5H3.